The maximum absolute atomic E-state index is 12.4. The van der Waals surface area contributed by atoms with Gasteiger partial charge in [-0.05, 0) is 13.8 Å². The van der Waals surface area contributed by atoms with E-state index < -0.39 is 34.7 Å². The van der Waals surface area contributed by atoms with Crippen molar-refractivity contribution < 1.29 is 41.3 Å². The van der Waals surface area contributed by atoms with Crippen LogP contribution in [0.5, 0.6) is 0 Å². The Morgan fingerprint density at radius 1 is 1.26 bits per heavy atom. The van der Waals surface area contributed by atoms with Crippen molar-refractivity contribution >= 4 is 12.0 Å². The Bertz CT molecular complexity index is 335. The SMILES string of the molecule is C=C(C)C(=O)O.CC(F)(C(F)F)N(F)C(=O)N(F)F. The second-order valence-electron chi connectivity index (χ2n) is 3.21. The molecule has 2 amide bonds. The molecule has 0 saturated heterocycles. The number of hydrogen-bond acceptors (Lipinski definition) is 2. The lowest BCUT2D eigenvalue weighted by atomic mass is 10.3. The van der Waals surface area contributed by atoms with Gasteiger partial charge in [-0.15, -0.1) is 5.12 Å². The molecule has 0 spiro atoms. The van der Waals surface area contributed by atoms with E-state index in [2.05, 4.69) is 6.58 Å². The molecule has 19 heavy (non-hydrogen) atoms. The molecule has 1 N–H and O–H groups in total. The summed E-state index contributed by atoms with van der Waals surface area (Å²) in [6.07, 6.45) is -3.93. The number of halogens is 6. The van der Waals surface area contributed by atoms with E-state index in [0.29, 0.717) is 0 Å². The van der Waals surface area contributed by atoms with Gasteiger partial charge in [0, 0.05) is 10.9 Å². The van der Waals surface area contributed by atoms with Crippen molar-refractivity contribution in [1.29, 1.82) is 0 Å². The first-order valence-electron chi connectivity index (χ1n) is 4.33. The molecule has 0 aliphatic heterocycles. The lowest BCUT2D eigenvalue weighted by Gasteiger charge is -2.24. The van der Waals surface area contributed by atoms with Gasteiger partial charge in [0.15, 0.2) is 0 Å². The van der Waals surface area contributed by atoms with Crippen LogP contribution < -0.4 is 0 Å². The molecule has 0 saturated carbocycles. The fraction of sp³-hybridized carbons (Fsp3) is 0.500. The van der Waals surface area contributed by atoms with Crippen molar-refractivity contribution in [2.75, 3.05) is 0 Å². The van der Waals surface area contributed by atoms with E-state index in [9.17, 15) is 36.2 Å². The van der Waals surface area contributed by atoms with Crippen molar-refractivity contribution in [2.45, 2.75) is 26.1 Å². The third-order valence-corrected chi connectivity index (χ3v) is 1.46. The first-order valence-corrected chi connectivity index (χ1v) is 4.33. The summed E-state index contributed by atoms with van der Waals surface area (Å²) in [7, 11) is 0. The van der Waals surface area contributed by atoms with Gasteiger partial charge >= 0.3 is 12.0 Å². The normalized spacial score (nSPS) is 12.9. The van der Waals surface area contributed by atoms with Crippen LogP contribution in [-0.4, -0.2) is 39.8 Å². The van der Waals surface area contributed by atoms with Gasteiger partial charge in [-0.1, -0.05) is 20.0 Å². The largest absolute Gasteiger partial charge is 0.478 e. The van der Waals surface area contributed by atoms with Gasteiger partial charge in [0.05, 0.1) is 0 Å². The van der Waals surface area contributed by atoms with Gasteiger partial charge in [0.2, 0.25) is 0 Å². The summed E-state index contributed by atoms with van der Waals surface area (Å²) in [6, 6.07) is -2.80. The Balaban J connectivity index is 0. The smallest absolute Gasteiger partial charge is 0.409 e. The zero-order valence-corrected chi connectivity index (χ0v) is 9.71. The molecule has 0 aromatic rings. The molecule has 0 radical (unpaired) electrons. The molecule has 0 aliphatic carbocycles. The number of urea groups is 1. The fourth-order valence-electron chi connectivity index (χ4n) is 0.339. The third kappa shape index (κ3) is 6.52. The highest BCUT2D eigenvalue weighted by Crippen LogP contribution is 2.26. The number of carbonyl (C=O) groups excluding carboxylic acids is 1. The minimum absolute atomic E-state index is 0.0426. The molecule has 11 heteroatoms. The molecule has 5 nitrogen and oxygen atoms in total. The van der Waals surface area contributed by atoms with E-state index in [0.717, 1.165) is 0 Å². The Kier molecular flexibility index (Phi) is 7.64. The average Bonchev–Trinajstić information content (AvgIpc) is 2.27. The van der Waals surface area contributed by atoms with E-state index in [1.165, 1.54) is 6.92 Å². The van der Waals surface area contributed by atoms with Crippen LogP contribution in [0.25, 0.3) is 0 Å². The summed E-state index contributed by atoms with van der Waals surface area (Å²) < 4.78 is 70.4. The first kappa shape index (κ1) is 19.4. The molecule has 0 bridgehead atoms. The fourth-order valence-corrected chi connectivity index (χ4v) is 0.339. The van der Waals surface area contributed by atoms with Crippen LogP contribution in [0.1, 0.15) is 13.8 Å². The van der Waals surface area contributed by atoms with Gasteiger partial charge in [0.1, 0.15) is 0 Å². The van der Waals surface area contributed by atoms with Crippen LogP contribution in [0.15, 0.2) is 12.2 Å². The number of rotatable bonds is 3. The first-order chi connectivity index (χ1) is 8.35. The number of alkyl halides is 3. The highest BCUT2D eigenvalue weighted by molar-refractivity contribution is 5.84. The highest BCUT2D eigenvalue weighted by Gasteiger charge is 2.47. The van der Waals surface area contributed by atoms with Crippen molar-refractivity contribution in [2.24, 2.45) is 0 Å². The zero-order valence-electron chi connectivity index (χ0n) is 9.71. The molecule has 0 aromatic heterocycles. The number of aliphatic carboxylic acids is 1. The second-order valence-corrected chi connectivity index (χ2v) is 3.21. The number of amides is 2. The quantitative estimate of drug-likeness (QED) is 0.377. The second kappa shape index (κ2) is 7.48. The van der Waals surface area contributed by atoms with Crippen LogP contribution in [0.2, 0.25) is 0 Å². The molecule has 0 fully saturated rings. The number of carboxylic acids is 1. The molecular weight excluding hydrogens is 286 g/mol. The Labute approximate surface area is 103 Å². The zero-order chi connectivity index (χ0) is 16.0. The molecule has 0 aliphatic rings. The lowest BCUT2D eigenvalue weighted by Crippen LogP contribution is -2.48. The number of nitrogens with zero attached hydrogens (tertiary/aromatic N) is 2. The Morgan fingerprint density at radius 3 is 1.74 bits per heavy atom. The van der Waals surface area contributed by atoms with Crippen molar-refractivity contribution in [3.63, 3.8) is 0 Å². The summed E-state index contributed by atoms with van der Waals surface area (Å²) >= 11 is 0. The summed E-state index contributed by atoms with van der Waals surface area (Å²) in [5.74, 6) is -5.01. The van der Waals surface area contributed by atoms with Gasteiger partial charge < -0.3 is 5.11 Å². The van der Waals surface area contributed by atoms with E-state index in [1.54, 1.807) is 0 Å². The predicted molar refractivity (Wildman–Crippen MR) is 50.4 cm³/mol. The molecule has 0 rings (SSSR count). The summed E-state index contributed by atoms with van der Waals surface area (Å²) in [6.45, 7) is 4.56. The number of carbonyl (C=O) groups is 2. The number of carboxylic acid groups (broad SMARTS) is 1. The maximum Gasteiger partial charge on any atom is 0.409 e. The predicted octanol–water partition coefficient (Wildman–Crippen LogP) is 2.96. The minimum Gasteiger partial charge on any atom is -0.478 e. The minimum atomic E-state index is -4.08. The molecule has 1 unspecified atom stereocenters. The standard InChI is InChI=1S/C4H4F6N2O.C4H6O2/c1-4(7,2(5)6)11(8)3(13)12(9)10;1-3(2)4(5)6/h2H,1H3;1H2,2H3,(H,5,6). The topological polar surface area (TPSA) is 60.9 Å². The molecule has 0 aromatic carbocycles. The molecule has 1 atom stereocenters. The van der Waals surface area contributed by atoms with Gasteiger partial charge in [-0.2, -0.15) is 0 Å². The number of hydrogen-bond donors (Lipinski definition) is 1. The van der Waals surface area contributed by atoms with E-state index in [-0.39, 0.29) is 12.5 Å². The van der Waals surface area contributed by atoms with E-state index in [1.807, 2.05) is 0 Å². The highest BCUT2D eigenvalue weighted by atomic mass is 19.4. The van der Waals surface area contributed by atoms with Crippen LogP contribution >= 0.6 is 0 Å². The molecule has 0 heterocycles. The summed E-state index contributed by atoms with van der Waals surface area (Å²) in [5, 5.41) is 3.67. The molecular formula is C8H10F6N2O3. The van der Waals surface area contributed by atoms with Gasteiger partial charge in [-0.3, -0.25) is 0 Å². The van der Waals surface area contributed by atoms with Gasteiger partial charge in [-0.25, -0.2) is 22.8 Å². The van der Waals surface area contributed by atoms with Crippen molar-refractivity contribution in [3.8, 4) is 0 Å². The van der Waals surface area contributed by atoms with Crippen molar-refractivity contribution in [3.05, 3.63) is 12.2 Å². The third-order valence-electron chi connectivity index (χ3n) is 1.46. The lowest BCUT2D eigenvalue weighted by molar-refractivity contribution is -0.211. The Morgan fingerprint density at radius 2 is 1.58 bits per heavy atom. The van der Waals surface area contributed by atoms with E-state index >= 15 is 0 Å². The molecule has 112 valence electrons. The van der Waals surface area contributed by atoms with Crippen LogP contribution in [0.4, 0.5) is 31.4 Å². The van der Waals surface area contributed by atoms with Crippen molar-refractivity contribution in [1.82, 2.24) is 10.5 Å². The average molecular weight is 296 g/mol. The summed E-state index contributed by atoms with van der Waals surface area (Å²) in [5.41, 5.74) is 0.176. The van der Waals surface area contributed by atoms with E-state index in [4.69, 9.17) is 5.11 Å². The van der Waals surface area contributed by atoms with Gasteiger partial charge in [0.25, 0.3) is 12.2 Å². The van der Waals surface area contributed by atoms with Crippen LogP contribution in [-0.2, 0) is 4.79 Å². The summed E-state index contributed by atoms with van der Waals surface area (Å²) in [4.78, 5) is 19.5. The van der Waals surface area contributed by atoms with Crippen LogP contribution in [0.3, 0.4) is 0 Å². The van der Waals surface area contributed by atoms with Crippen LogP contribution in [0, 0.1) is 0 Å². The Hall–Kier alpha value is -1.94. The maximum atomic E-state index is 12.4. The monoisotopic (exact) mass is 296 g/mol.